The van der Waals surface area contributed by atoms with Crippen LogP contribution in [0.25, 0.3) is 0 Å². The highest BCUT2D eigenvalue weighted by Crippen LogP contribution is 2.91. The molecule has 7 rings (SSSR count). The molecule has 1 N–H and O–H groups in total. The molecule has 0 spiro atoms. The Morgan fingerprint density at radius 2 is 1.87 bits per heavy atom. The Kier molecular flexibility index (Phi) is 3.25. The Morgan fingerprint density at radius 3 is 2.63 bits per heavy atom. The van der Waals surface area contributed by atoms with Gasteiger partial charge >= 0.3 is 0 Å². The molecule has 150 valence electrons. The quantitative estimate of drug-likeness (QED) is 0.731. The standard InChI is InChI=1S/C24H21N3O3/c1-23-19-16-10-6-7-11-18(16)27(2)22(29)24(23,20(19)23)25-21(28)17-13-15(30-26-17)12-14-8-4-3-5-9-14/h3-11,13,19-20H,12H2,1-2H3,(H,25,28)/t19-,20+,23+,24+/m0/s1. The Balaban J connectivity index is 1.25. The molecule has 2 aromatic carbocycles. The Bertz CT molecular complexity index is 1200. The van der Waals surface area contributed by atoms with Crippen LogP contribution in [0.1, 0.15) is 40.2 Å². The maximum Gasteiger partial charge on any atom is 0.274 e. The Labute approximate surface area is 173 Å². The van der Waals surface area contributed by atoms with Crippen molar-refractivity contribution in [2.24, 2.45) is 11.3 Å². The number of fused-ring (bicyclic) bond motifs is 1. The van der Waals surface area contributed by atoms with Crippen LogP contribution >= 0.6 is 0 Å². The number of benzene rings is 2. The van der Waals surface area contributed by atoms with E-state index in [1.807, 2.05) is 48.5 Å². The van der Waals surface area contributed by atoms with Crippen molar-refractivity contribution in [1.29, 1.82) is 0 Å². The summed E-state index contributed by atoms with van der Waals surface area (Å²) in [4.78, 5) is 28.1. The number of aromatic nitrogens is 1. The van der Waals surface area contributed by atoms with Crippen LogP contribution in [0.4, 0.5) is 5.69 Å². The average Bonchev–Trinajstić information content (AvgIpc) is 3.45. The zero-order valence-corrected chi connectivity index (χ0v) is 16.8. The number of rotatable bonds is 4. The topological polar surface area (TPSA) is 75.4 Å². The average molecular weight is 399 g/mol. The summed E-state index contributed by atoms with van der Waals surface area (Å²) in [7, 11) is 1.78. The molecule has 6 nitrogen and oxygen atoms in total. The second kappa shape index (κ2) is 5.59. The van der Waals surface area contributed by atoms with Gasteiger partial charge in [-0.05, 0) is 17.2 Å². The van der Waals surface area contributed by atoms with Gasteiger partial charge in [-0.3, -0.25) is 9.59 Å². The van der Waals surface area contributed by atoms with Gasteiger partial charge in [-0.1, -0.05) is 60.6 Å². The van der Waals surface area contributed by atoms with Crippen molar-refractivity contribution in [3.63, 3.8) is 0 Å². The van der Waals surface area contributed by atoms with Gasteiger partial charge in [0.25, 0.3) is 11.8 Å². The van der Waals surface area contributed by atoms with Gasteiger partial charge < -0.3 is 14.7 Å². The molecule has 0 saturated heterocycles. The normalized spacial score (nSPS) is 30.2. The molecule has 30 heavy (non-hydrogen) atoms. The monoisotopic (exact) mass is 399 g/mol. The van der Waals surface area contributed by atoms with Crippen molar-refractivity contribution in [2.75, 3.05) is 11.9 Å². The predicted molar refractivity (Wildman–Crippen MR) is 110 cm³/mol. The third-order valence-corrected chi connectivity index (χ3v) is 7.35. The number of carbonyl (C=O) groups excluding carboxylic acids is 2. The first-order valence-corrected chi connectivity index (χ1v) is 10.2. The Morgan fingerprint density at radius 1 is 1.17 bits per heavy atom. The van der Waals surface area contributed by atoms with Crippen molar-refractivity contribution in [2.45, 2.75) is 24.8 Å². The van der Waals surface area contributed by atoms with Crippen molar-refractivity contribution in [3.8, 4) is 0 Å². The van der Waals surface area contributed by atoms with Crippen LogP contribution in [-0.2, 0) is 11.2 Å². The molecule has 3 aromatic rings. The number of carbonyl (C=O) groups is 2. The molecule has 2 bridgehead atoms. The van der Waals surface area contributed by atoms with Crippen LogP contribution in [0.5, 0.6) is 0 Å². The molecule has 3 heterocycles. The van der Waals surface area contributed by atoms with Crippen LogP contribution < -0.4 is 10.2 Å². The lowest BCUT2D eigenvalue weighted by molar-refractivity contribution is -0.123. The van der Waals surface area contributed by atoms with Crippen LogP contribution in [0, 0.1) is 11.3 Å². The van der Waals surface area contributed by atoms with Crippen molar-refractivity contribution in [1.82, 2.24) is 10.5 Å². The summed E-state index contributed by atoms with van der Waals surface area (Å²) in [6.07, 6.45) is 0.561. The van der Waals surface area contributed by atoms with Gasteiger partial charge in [-0.25, -0.2) is 0 Å². The summed E-state index contributed by atoms with van der Waals surface area (Å²) in [6.45, 7) is 2.10. The van der Waals surface area contributed by atoms with Gasteiger partial charge in [0.2, 0.25) is 0 Å². The van der Waals surface area contributed by atoms with Crippen LogP contribution in [0.2, 0.25) is 0 Å². The summed E-state index contributed by atoms with van der Waals surface area (Å²) >= 11 is 0. The molecule has 6 heteroatoms. The van der Waals surface area contributed by atoms with Gasteiger partial charge in [0.1, 0.15) is 11.3 Å². The molecule has 4 atom stereocenters. The van der Waals surface area contributed by atoms with Crippen molar-refractivity contribution < 1.29 is 14.1 Å². The lowest BCUT2D eigenvalue weighted by Crippen LogP contribution is -2.56. The van der Waals surface area contributed by atoms with E-state index in [0.717, 1.165) is 11.3 Å². The number of nitrogens with zero attached hydrogens (tertiary/aromatic N) is 2. The summed E-state index contributed by atoms with van der Waals surface area (Å²) in [5.41, 5.74) is 2.31. The number of nitrogens with one attached hydrogen (secondary N) is 1. The zero-order chi connectivity index (χ0) is 20.7. The van der Waals surface area contributed by atoms with Gasteiger partial charge in [0, 0.05) is 42.5 Å². The van der Waals surface area contributed by atoms with Crippen LogP contribution in [0.3, 0.4) is 0 Å². The number of hydrogen-bond donors (Lipinski definition) is 1. The maximum absolute atomic E-state index is 13.4. The molecule has 2 aliphatic heterocycles. The van der Waals surface area contributed by atoms with Crippen LogP contribution in [-0.4, -0.2) is 29.6 Å². The van der Waals surface area contributed by atoms with Crippen LogP contribution in [0.15, 0.2) is 65.2 Å². The molecular formula is C24H21N3O3. The Hall–Kier alpha value is -3.41. The summed E-state index contributed by atoms with van der Waals surface area (Å²) < 4.78 is 5.37. The molecule has 0 unspecified atom stereocenters. The highest BCUT2D eigenvalue weighted by atomic mass is 16.5. The third kappa shape index (κ3) is 2.01. The smallest absolute Gasteiger partial charge is 0.274 e. The predicted octanol–water partition coefficient (Wildman–Crippen LogP) is 3.14. The van der Waals surface area contributed by atoms with E-state index in [1.54, 1.807) is 18.0 Å². The molecule has 0 radical (unpaired) electrons. The summed E-state index contributed by atoms with van der Waals surface area (Å²) in [5, 5.41) is 6.99. The van der Waals surface area contributed by atoms with E-state index < -0.39 is 5.54 Å². The fraction of sp³-hybridized carbons (Fsp3) is 0.292. The minimum absolute atomic E-state index is 0.0578. The number of para-hydroxylation sites is 1. The zero-order valence-electron chi connectivity index (χ0n) is 16.8. The molecule has 2 saturated carbocycles. The highest BCUT2D eigenvalue weighted by molar-refractivity contribution is 6.12. The minimum Gasteiger partial charge on any atom is -0.360 e. The van der Waals surface area contributed by atoms with E-state index in [9.17, 15) is 9.59 Å². The van der Waals surface area contributed by atoms with Gasteiger partial charge in [-0.2, -0.15) is 0 Å². The van der Waals surface area contributed by atoms with E-state index >= 15 is 0 Å². The number of anilines is 1. The molecule has 2 amide bonds. The van der Waals surface area contributed by atoms with Crippen molar-refractivity contribution >= 4 is 17.5 Å². The molecule has 1 aromatic heterocycles. The lowest BCUT2D eigenvalue weighted by atomic mass is 9.86. The fourth-order valence-electron chi connectivity index (χ4n) is 5.69. The number of likely N-dealkylation sites (N-methyl/N-ethyl adjacent to an activating group) is 1. The second-order valence-corrected chi connectivity index (χ2v) is 8.76. The number of amides is 2. The van der Waals surface area contributed by atoms with Crippen molar-refractivity contribution in [3.05, 3.63) is 83.2 Å². The highest BCUT2D eigenvalue weighted by Gasteiger charge is 2.98. The maximum atomic E-state index is 13.4. The minimum atomic E-state index is -0.860. The molecule has 2 aliphatic carbocycles. The second-order valence-electron chi connectivity index (χ2n) is 8.76. The molecule has 4 aliphatic rings. The first-order valence-electron chi connectivity index (χ1n) is 10.2. The number of hydrogen-bond acceptors (Lipinski definition) is 4. The van der Waals surface area contributed by atoms with E-state index in [-0.39, 0.29) is 28.8 Å². The van der Waals surface area contributed by atoms with E-state index in [4.69, 9.17) is 4.52 Å². The lowest BCUT2D eigenvalue weighted by Gasteiger charge is -2.29. The largest absolute Gasteiger partial charge is 0.360 e. The van der Waals surface area contributed by atoms with E-state index in [1.165, 1.54) is 5.56 Å². The first kappa shape index (κ1) is 17.4. The van der Waals surface area contributed by atoms with E-state index in [2.05, 4.69) is 23.5 Å². The van der Waals surface area contributed by atoms with Gasteiger partial charge in [0.15, 0.2) is 5.69 Å². The molecular weight excluding hydrogens is 378 g/mol. The van der Waals surface area contributed by atoms with E-state index in [0.29, 0.717) is 18.1 Å². The summed E-state index contributed by atoms with van der Waals surface area (Å²) in [5.74, 6) is 0.623. The first-order chi connectivity index (χ1) is 14.5. The van der Waals surface area contributed by atoms with Gasteiger partial charge in [-0.15, -0.1) is 0 Å². The summed E-state index contributed by atoms with van der Waals surface area (Å²) in [6, 6.07) is 19.5. The third-order valence-electron chi connectivity index (χ3n) is 7.35. The SMILES string of the molecule is CN1C(=O)[C@]2(NC(=O)c3cc(Cc4ccccc4)on3)[C@@H]3[C@H](c4ccccc41)[C@]32C. The fourth-order valence-corrected chi connectivity index (χ4v) is 5.69. The van der Waals surface area contributed by atoms with Gasteiger partial charge in [0.05, 0.1) is 0 Å². The molecule has 2 fully saturated rings.